The normalized spacial score (nSPS) is 11.8. The Morgan fingerprint density at radius 2 is 1.33 bits per heavy atom. The number of ether oxygens (including phenoxy) is 4. The molecule has 154 valence electrons. The molecule has 0 saturated heterocycles. The molecule has 0 atom stereocenters. The molecule has 1 heterocycles. The molecule has 3 aromatic rings. The second-order valence-electron chi connectivity index (χ2n) is 6.93. The van der Waals surface area contributed by atoms with Crippen molar-refractivity contribution in [2.75, 3.05) is 21.0 Å². The molecule has 0 radical (unpaired) electrons. The van der Waals surface area contributed by atoms with E-state index in [0.29, 0.717) is 30.2 Å². The molecule has 0 aromatic heterocycles. The van der Waals surface area contributed by atoms with E-state index in [4.69, 9.17) is 18.9 Å². The molecular formula is C24H23NO5. The van der Waals surface area contributed by atoms with Crippen LogP contribution in [0.4, 0.5) is 0 Å². The number of methoxy groups -OCH3 is 2. The fraction of sp³-hybridized carbons (Fsp3) is 0.208. The van der Waals surface area contributed by atoms with Crippen molar-refractivity contribution in [2.45, 2.75) is 13.1 Å². The van der Waals surface area contributed by atoms with Gasteiger partial charge >= 0.3 is 0 Å². The molecule has 4 rings (SSSR count). The summed E-state index contributed by atoms with van der Waals surface area (Å²) in [5, 5.41) is 0. The summed E-state index contributed by atoms with van der Waals surface area (Å²) in [7, 11) is 3.27. The van der Waals surface area contributed by atoms with E-state index >= 15 is 0 Å². The number of hydrogen-bond acceptors (Lipinski definition) is 5. The van der Waals surface area contributed by atoms with Crippen molar-refractivity contribution < 1.29 is 23.7 Å². The monoisotopic (exact) mass is 405 g/mol. The van der Waals surface area contributed by atoms with E-state index in [1.807, 2.05) is 48.5 Å². The van der Waals surface area contributed by atoms with Crippen LogP contribution in [-0.2, 0) is 13.1 Å². The van der Waals surface area contributed by atoms with E-state index in [1.165, 1.54) is 0 Å². The Balaban J connectivity index is 1.59. The number of nitrogens with zero attached hydrogens (tertiary/aromatic N) is 1. The van der Waals surface area contributed by atoms with E-state index in [2.05, 4.69) is 0 Å². The van der Waals surface area contributed by atoms with Gasteiger partial charge in [-0.3, -0.25) is 4.79 Å². The summed E-state index contributed by atoms with van der Waals surface area (Å²) in [5.74, 6) is 2.73. The van der Waals surface area contributed by atoms with E-state index in [-0.39, 0.29) is 12.7 Å². The van der Waals surface area contributed by atoms with E-state index < -0.39 is 0 Å². The summed E-state index contributed by atoms with van der Waals surface area (Å²) in [5.41, 5.74) is 2.58. The van der Waals surface area contributed by atoms with Gasteiger partial charge in [-0.2, -0.15) is 0 Å². The van der Waals surface area contributed by atoms with Crippen molar-refractivity contribution in [2.24, 2.45) is 0 Å². The highest BCUT2D eigenvalue weighted by molar-refractivity contribution is 5.95. The molecule has 1 aliphatic rings. The third-order valence-electron chi connectivity index (χ3n) is 4.97. The highest BCUT2D eigenvalue weighted by atomic mass is 16.7. The van der Waals surface area contributed by atoms with Crippen molar-refractivity contribution in [1.82, 2.24) is 4.90 Å². The standard InChI is InChI=1S/C24H23NO5/c1-27-20-8-3-17(4-9-20)14-25(15-18-5-10-21(28-2)11-6-18)24(26)19-7-12-22-23(13-19)30-16-29-22/h3-13H,14-16H2,1-2H3. The highest BCUT2D eigenvalue weighted by Gasteiger charge is 2.21. The minimum Gasteiger partial charge on any atom is -0.497 e. The first-order chi connectivity index (χ1) is 14.7. The zero-order valence-corrected chi connectivity index (χ0v) is 17.0. The van der Waals surface area contributed by atoms with Gasteiger partial charge in [0.1, 0.15) is 11.5 Å². The molecule has 1 aliphatic heterocycles. The molecule has 0 saturated carbocycles. The molecule has 0 bridgehead atoms. The Labute approximate surface area is 175 Å². The lowest BCUT2D eigenvalue weighted by Gasteiger charge is -2.23. The van der Waals surface area contributed by atoms with Gasteiger partial charge in [-0.05, 0) is 53.6 Å². The lowest BCUT2D eigenvalue weighted by atomic mass is 10.1. The van der Waals surface area contributed by atoms with E-state index in [9.17, 15) is 4.79 Å². The average molecular weight is 405 g/mol. The maximum atomic E-state index is 13.4. The molecule has 0 aliphatic carbocycles. The van der Waals surface area contributed by atoms with Crippen molar-refractivity contribution in [3.05, 3.63) is 83.4 Å². The summed E-state index contributed by atoms with van der Waals surface area (Å²) in [6.45, 7) is 1.10. The zero-order chi connectivity index (χ0) is 20.9. The van der Waals surface area contributed by atoms with Gasteiger partial charge in [0.2, 0.25) is 6.79 Å². The van der Waals surface area contributed by atoms with Gasteiger partial charge in [-0.25, -0.2) is 0 Å². The largest absolute Gasteiger partial charge is 0.497 e. The summed E-state index contributed by atoms with van der Waals surface area (Å²) < 4.78 is 21.3. The summed E-state index contributed by atoms with van der Waals surface area (Å²) in [6, 6.07) is 20.7. The molecule has 6 heteroatoms. The number of amides is 1. The molecule has 30 heavy (non-hydrogen) atoms. The number of fused-ring (bicyclic) bond motifs is 1. The Bertz CT molecular complexity index is 965. The smallest absolute Gasteiger partial charge is 0.254 e. The molecule has 1 amide bonds. The van der Waals surface area contributed by atoms with Crippen LogP contribution in [0, 0.1) is 0 Å². The fourth-order valence-electron chi connectivity index (χ4n) is 3.31. The van der Waals surface area contributed by atoms with Gasteiger partial charge in [0.25, 0.3) is 5.91 Å². The van der Waals surface area contributed by atoms with Crippen LogP contribution in [-0.4, -0.2) is 31.8 Å². The molecule has 0 spiro atoms. The molecule has 3 aromatic carbocycles. The molecule has 0 unspecified atom stereocenters. The third-order valence-corrected chi connectivity index (χ3v) is 4.97. The molecule has 0 N–H and O–H groups in total. The van der Waals surface area contributed by atoms with Crippen LogP contribution in [0.25, 0.3) is 0 Å². The SMILES string of the molecule is COc1ccc(CN(Cc2ccc(OC)cc2)C(=O)c2ccc3c(c2)OCO3)cc1. The van der Waals surface area contributed by atoms with Crippen LogP contribution in [0.3, 0.4) is 0 Å². The minimum absolute atomic E-state index is 0.0834. The van der Waals surface area contributed by atoms with Crippen LogP contribution in [0.2, 0.25) is 0 Å². The van der Waals surface area contributed by atoms with E-state index in [0.717, 1.165) is 22.6 Å². The topological polar surface area (TPSA) is 57.2 Å². The van der Waals surface area contributed by atoms with Crippen molar-refractivity contribution in [3.63, 3.8) is 0 Å². The zero-order valence-electron chi connectivity index (χ0n) is 17.0. The van der Waals surface area contributed by atoms with Crippen LogP contribution in [0.1, 0.15) is 21.5 Å². The Hall–Kier alpha value is -3.67. The number of carbonyl (C=O) groups is 1. The first-order valence-electron chi connectivity index (χ1n) is 9.61. The van der Waals surface area contributed by atoms with Gasteiger partial charge in [-0.15, -0.1) is 0 Å². The van der Waals surface area contributed by atoms with E-state index in [1.54, 1.807) is 37.3 Å². The fourth-order valence-corrected chi connectivity index (χ4v) is 3.31. The van der Waals surface area contributed by atoms with Gasteiger partial charge in [0.05, 0.1) is 14.2 Å². The lowest BCUT2D eigenvalue weighted by Crippen LogP contribution is -2.30. The third kappa shape index (κ3) is 4.33. The maximum Gasteiger partial charge on any atom is 0.254 e. The van der Waals surface area contributed by atoms with Crippen molar-refractivity contribution >= 4 is 5.91 Å². The first kappa shape index (κ1) is 19.6. The summed E-state index contributed by atoms with van der Waals surface area (Å²) >= 11 is 0. The first-order valence-corrected chi connectivity index (χ1v) is 9.61. The Morgan fingerprint density at radius 1 is 0.800 bits per heavy atom. The average Bonchev–Trinajstić information content (AvgIpc) is 3.27. The summed E-state index contributed by atoms with van der Waals surface area (Å²) in [4.78, 5) is 15.2. The van der Waals surface area contributed by atoms with Gasteiger partial charge in [0.15, 0.2) is 11.5 Å². The lowest BCUT2D eigenvalue weighted by molar-refractivity contribution is 0.0729. The number of benzene rings is 3. The maximum absolute atomic E-state index is 13.4. The van der Waals surface area contributed by atoms with Gasteiger partial charge < -0.3 is 23.8 Å². The molecule has 0 fully saturated rings. The minimum atomic E-state index is -0.0834. The number of rotatable bonds is 7. The molecule has 6 nitrogen and oxygen atoms in total. The second kappa shape index (κ2) is 8.78. The Morgan fingerprint density at radius 3 is 1.87 bits per heavy atom. The predicted octanol–water partition coefficient (Wildman–Crippen LogP) is 4.28. The number of hydrogen-bond donors (Lipinski definition) is 0. The number of carbonyl (C=O) groups excluding carboxylic acids is 1. The summed E-state index contributed by atoms with van der Waals surface area (Å²) in [6.07, 6.45) is 0. The van der Waals surface area contributed by atoms with Crippen LogP contribution < -0.4 is 18.9 Å². The molecular weight excluding hydrogens is 382 g/mol. The van der Waals surface area contributed by atoms with Crippen molar-refractivity contribution in [1.29, 1.82) is 0 Å². The van der Waals surface area contributed by atoms with Gasteiger partial charge in [-0.1, -0.05) is 24.3 Å². The van der Waals surface area contributed by atoms with Crippen molar-refractivity contribution in [3.8, 4) is 23.0 Å². The van der Waals surface area contributed by atoms with Gasteiger partial charge in [0, 0.05) is 18.7 Å². The highest BCUT2D eigenvalue weighted by Crippen LogP contribution is 2.33. The van der Waals surface area contributed by atoms with Crippen LogP contribution in [0.15, 0.2) is 66.7 Å². The second-order valence-corrected chi connectivity index (χ2v) is 6.93. The predicted molar refractivity (Wildman–Crippen MR) is 112 cm³/mol. The quantitative estimate of drug-likeness (QED) is 0.587. The van der Waals surface area contributed by atoms with Crippen LogP contribution in [0.5, 0.6) is 23.0 Å². The van der Waals surface area contributed by atoms with Crippen LogP contribution >= 0.6 is 0 Å². The Kier molecular flexibility index (Phi) is 5.75.